The number of hydrogen-bond donors (Lipinski definition) is 1. The summed E-state index contributed by atoms with van der Waals surface area (Å²) in [5.74, 6) is 0.460. The second-order valence-electron chi connectivity index (χ2n) is 5.64. The van der Waals surface area contributed by atoms with E-state index in [-0.39, 0.29) is 6.61 Å². The lowest BCUT2D eigenvalue weighted by Gasteiger charge is -2.10. The van der Waals surface area contributed by atoms with Gasteiger partial charge < -0.3 is 19.4 Å². The fraction of sp³-hybridized carbons (Fsp3) is 0.238. The predicted octanol–water partition coefficient (Wildman–Crippen LogP) is 4.00. The molecule has 0 unspecified atom stereocenters. The van der Waals surface area contributed by atoms with E-state index in [1.807, 2.05) is 43.3 Å². The lowest BCUT2D eigenvalue weighted by atomic mass is 10.1. The molecule has 0 radical (unpaired) electrons. The highest BCUT2D eigenvalue weighted by atomic mass is 16.6. The molecule has 6 nitrogen and oxygen atoms in total. The number of oxime groups is 1. The number of methoxy groups -OCH3 is 1. The van der Waals surface area contributed by atoms with E-state index in [9.17, 15) is 4.79 Å². The summed E-state index contributed by atoms with van der Waals surface area (Å²) in [5.41, 5.74) is 2.63. The Kier molecular flexibility index (Phi) is 7.43. The van der Waals surface area contributed by atoms with Crippen LogP contribution in [0.3, 0.4) is 0 Å². The maximum atomic E-state index is 11.1. The van der Waals surface area contributed by atoms with Crippen molar-refractivity contribution in [3.63, 3.8) is 0 Å². The van der Waals surface area contributed by atoms with Gasteiger partial charge in [0.25, 0.3) is 0 Å². The number of aliphatic carboxylic acids is 1. The highest BCUT2D eigenvalue weighted by Gasteiger charge is 2.08. The average Bonchev–Trinajstić information content (AvgIpc) is 2.70. The Balaban J connectivity index is 2.09. The van der Waals surface area contributed by atoms with Crippen molar-refractivity contribution in [3.05, 3.63) is 65.2 Å². The molecule has 0 aliphatic rings. The van der Waals surface area contributed by atoms with Gasteiger partial charge in [-0.15, -0.1) is 0 Å². The van der Waals surface area contributed by atoms with Crippen molar-refractivity contribution in [1.29, 1.82) is 0 Å². The van der Waals surface area contributed by atoms with Crippen LogP contribution < -0.4 is 9.47 Å². The summed E-state index contributed by atoms with van der Waals surface area (Å²) < 4.78 is 11.0. The van der Waals surface area contributed by atoms with Crippen LogP contribution in [0.1, 0.15) is 24.5 Å². The molecular formula is C21H23NO5. The minimum atomic E-state index is -0.906. The molecule has 27 heavy (non-hydrogen) atoms. The van der Waals surface area contributed by atoms with Gasteiger partial charge in [-0.2, -0.15) is 0 Å². The lowest BCUT2D eigenvalue weighted by molar-refractivity contribution is -0.132. The highest BCUT2D eigenvalue weighted by molar-refractivity contribution is 6.01. The van der Waals surface area contributed by atoms with E-state index < -0.39 is 5.97 Å². The fourth-order valence-electron chi connectivity index (χ4n) is 2.40. The number of nitrogens with zero attached hydrogens (tertiary/aromatic N) is 1. The third-order valence-corrected chi connectivity index (χ3v) is 3.86. The first-order valence-corrected chi connectivity index (χ1v) is 8.48. The average molecular weight is 369 g/mol. The summed E-state index contributed by atoms with van der Waals surface area (Å²) in [4.78, 5) is 16.0. The second-order valence-corrected chi connectivity index (χ2v) is 5.64. The molecule has 2 rings (SSSR count). The number of rotatable bonds is 9. The standard InChI is InChI=1S/C21H23NO5/c1-4-16(21(23)24)12-15-8-10-18(11-9-15)27-14-20(22-26-3)17-6-5-7-19(13-17)25-2/h5-13H,4,14H2,1-3H3,(H,23,24). The van der Waals surface area contributed by atoms with Gasteiger partial charge >= 0.3 is 5.97 Å². The molecular weight excluding hydrogens is 346 g/mol. The molecule has 0 spiro atoms. The molecule has 2 aromatic carbocycles. The molecule has 2 aromatic rings. The molecule has 6 heteroatoms. The van der Waals surface area contributed by atoms with Gasteiger partial charge in [0.1, 0.15) is 30.9 Å². The van der Waals surface area contributed by atoms with Crippen molar-refractivity contribution in [3.8, 4) is 11.5 Å². The summed E-state index contributed by atoms with van der Waals surface area (Å²) in [7, 11) is 3.09. The summed E-state index contributed by atoms with van der Waals surface area (Å²) in [6.45, 7) is 2.03. The summed E-state index contributed by atoms with van der Waals surface area (Å²) in [5, 5.41) is 13.1. The van der Waals surface area contributed by atoms with Crippen LogP contribution in [0, 0.1) is 0 Å². The molecule has 0 bridgehead atoms. The van der Waals surface area contributed by atoms with Crippen molar-refractivity contribution >= 4 is 17.8 Å². The predicted molar refractivity (Wildman–Crippen MR) is 104 cm³/mol. The van der Waals surface area contributed by atoms with Crippen LogP contribution in [0.15, 0.2) is 59.3 Å². The maximum absolute atomic E-state index is 11.1. The SMILES string of the molecule is CCC(=Cc1ccc(OCC(=NOC)c2cccc(OC)c2)cc1)C(=O)O. The molecule has 0 aliphatic carbocycles. The number of ether oxygens (including phenoxy) is 2. The third-order valence-electron chi connectivity index (χ3n) is 3.86. The zero-order chi connectivity index (χ0) is 19.6. The Morgan fingerprint density at radius 3 is 2.44 bits per heavy atom. The van der Waals surface area contributed by atoms with Gasteiger partial charge in [0.05, 0.1) is 7.11 Å². The Hall–Kier alpha value is -3.28. The minimum Gasteiger partial charge on any atom is -0.497 e. The Bertz CT molecular complexity index is 825. The topological polar surface area (TPSA) is 77.3 Å². The van der Waals surface area contributed by atoms with Crippen LogP contribution in [0.5, 0.6) is 11.5 Å². The first-order chi connectivity index (χ1) is 13.1. The molecule has 0 fully saturated rings. The van der Waals surface area contributed by atoms with Crippen LogP contribution in [0.2, 0.25) is 0 Å². The van der Waals surface area contributed by atoms with Gasteiger partial charge in [-0.05, 0) is 42.3 Å². The normalized spacial score (nSPS) is 11.8. The summed E-state index contributed by atoms with van der Waals surface area (Å²) >= 11 is 0. The van der Waals surface area contributed by atoms with E-state index in [2.05, 4.69) is 5.16 Å². The number of hydrogen-bond acceptors (Lipinski definition) is 5. The van der Waals surface area contributed by atoms with Gasteiger partial charge in [-0.3, -0.25) is 0 Å². The van der Waals surface area contributed by atoms with Crippen LogP contribution in [0.4, 0.5) is 0 Å². The first kappa shape index (κ1) is 20.0. The number of carboxylic acid groups (broad SMARTS) is 1. The van der Waals surface area contributed by atoms with Crippen molar-refractivity contribution < 1.29 is 24.2 Å². The Labute approximate surface area is 158 Å². The zero-order valence-corrected chi connectivity index (χ0v) is 15.6. The number of benzene rings is 2. The summed E-state index contributed by atoms with van der Waals surface area (Å²) in [6.07, 6.45) is 2.12. The highest BCUT2D eigenvalue weighted by Crippen LogP contribution is 2.18. The molecule has 0 aromatic heterocycles. The van der Waals surface area contributed by atoms with Gasteiger partial charge in [0.2, 0.25) is 0 Å². The lowest BCUT2D eigenvalue weighted by Crippen LogP contribution is -2.13. The Morgan fingerprint density at radius 2 is 1.85 bits per heavy atom. The molecule has 0 heterocycles. The fourth-order valence-corrected chi connectivity index (χ4v) is 2.40. The summed E-state index contributed by atoms with van der Waals surface area (Å²) in [6, 6.07) is 14.7. The van der Waals surface area contributed by atoms with Gasteiger partial charge in [-0.25, -0.2) is 4.79 Å². The molecule has 1 N–H and O–H groups in total. The Morgan fingerprint density at radius 1 is 1.11 bits per heavy atom. The van der Waals surface area contributed by atoms with Gasteiger partial charge in [0, 0.05) is 11.1 Å². The number of carbonyl (C=O) groups is 1. The quantitative estimate of drug-likeness (QED) is 0.411. The molecule has 142 valence electrons. The zero-order valence-electron chi connectivity index (χ0n) is 15.6. The van der Waals surface area contributed by atoms with Crippen molar-refractivity contribution in [2.75, 3.05) is 20.8 Å². The smallest absolute Gasteiger partial charge is 0.331 e. The maximum Gasteiger partial charge on any atom is 0.331 e. The van der Waals surface area contributed by atoms with Gasteiger partial charge in [-0.1, -0.05) is 36.3 Å². The second kappa shape index (κ2) is 10.0. The van der Waals surface area contributed by atoms with Crippen molar-refractivity contribution in [1.82, 2.24) is 0 Å². The van der Waals surface area contributed by atoms with Crippen LogP contribution >= 0.6 is 0 Å². The molecule has 0 amide bonds. The molecule has 0 saturated heterocycles. The van der Waals surface area contributed by atoms with Crippen LogP contribution in [-0.2, 0) is 9.63 Å². The van der Waals surface area contributed by atoms with E-state index in [0.29, 0.717) is 23.5 Å². The molecule has 0 aliphatic heterocycles. The third kappa shape index (κ3) is 5.88. The molecule has 0 atom stereocenters. The van der Waals surface area contributed by atoms with Crippen molar-refractivity contribution in [2.45, 2.75) is 13.3 Å². The largest absolute Gasteiger partial charge is 0.497 e. The van der Waals surface area contributed by atoms with E-state index in [1.165, 1.54) is 7.11 Å². The monoisotopic (exact) mass is 369 g/mol. The molecule has 0 saturated carbocycles. The van der Waals surface area contributed by atoms with E-state index in [4.69, 9.17) is 19.4 Å². The van der Waals surface area contributed by atoms with E-state index >= 15 is 0 Å². The number of carboxylic acids is 1. The van der Waals surface area contributed by atoms with Crippen molar-refractivity contribution in [2.24, 2.45) is 5.16 Å². The van der Waals surface area contributed by atoms with E-state index in [1.54, 1.807) is 25.3 Å². The van der Waals surface area contributed by atoms with Gasteiger partial charge in [0.15, 0.2) is 0 Å². The van der Waals surface area contributed by atoms with E-state index in [0.717, 1.165) is 16.9 Å². The van der Waals surface area contributed by atoms with Crippen LogP contribution in [-0.4, -0.2) is 37.6 Å². The minimum absolute atomic E-state index is 0.214. The first-order valence-electron chi connectivity index (χ1n) is 8.48. The van der Waals surface area contributed by atoms with Crippen LogP contribution in [0.25, 0.3) is 6.08 Å².